The number of hydrogen-bond acceptors (Lipinski definition) is 7. The normalized spacial score (nSPS) is 16.5. The molecule has 1 aliphatic carbocycles. The van der Waals surface area contributed by atoms with Gasteiger partial charge in [0.25, 0.3) is 5.91 Å². The number of primary amides is 1. The number of hydrogen-bond donors (Lipinski definition) is 3. The monoisotopic (exact) mass is 447 g/mol. The quantitative estimate of drug-likeness (QED) is 0.481. The van der Waals surface area contributed by atoms with Gasteiger partial charge in [-0.3, -0.25) is 19.4 Å². The first-order chi connectivity index (χ1) is 15.1. The first-order valence-corrected chi connectivity index (χ1v) is 10.9. The smallest absolute Gasteiger partial charge is 0.329 e. The van der Waals surface area contributed by atoms with Crippen LogP contribution in [0.1, 0.15) is 76.2 Å². The Bertz CT molecular complexity index is 803. The van der Waals surface area contributed by atoms with Crippen molar-refractivity contribution in [2.45, 2.75) is 83.4 Å². The van der Waals surface area contributed by atoms with E-state index in [-0.39, 0.29) is 24.5 Å². The Morgan fingerprint density at radius 3 is 2.38 bits per heavy atom. The summed E-state index contributed by atoms with van der Waals surface area (Å²) >= 11 is 0. The van der Waals surface area contributed by atoms with Gasteiger partial charge in [-0.2, -0.15) is 0 Å². The number of nitrogens with zero attached hydrogens (tertiary/aromatic N) is 2. The molecule has 10 nitrogen and oxygen atoms in total. The third kappa shape index (κ3) is 8.24. The van der Waals surface area contributed by atoms with Crippen LogP contribution in [0.5, 0.6) is 0 Å². The molecule has 32 heavy (non-hydrogen) atoms. The van der Waals surface area contributed by atoms with Crippen LogP contribution >= 0.6 is 0 Å². The van der Waals surface area contributed by atoms with Gasteiger partial charge >= 0.3 is 5.97 Å². The molecule has 0 spiro atoms. The summed E-state index contributed by atoms with van der Waals surface area (Å²) in [6.45, 7) is 5.14. The van der Waals surface area contributed by atoms with Crippen LogP contribution in [0.2, 0.25) is 0 Å². The van der Waals surface area contributed by atoms with Gasteiger partial charge in [0.15, 0.2) is 0 Å². The number of amides is 3. The van der Waals surface area contributed by atoms with Gasteiger partial charge in [-0.05, 0) is 46.0 Å². The van der Waals surface area contributed by atoms with Gasteiger partial charge in [0.05, 0.1) is 6.20 Å². The lowest BCUT2D eigenvalue weighted by atomic mass is 9.83. The van der Waals surface area contributed by atoms with E-state index in [0.29, 0.717) is 0 Å². The Morgan fingerprint density at radius 2 is 1.81 bits per heavy atom. The molecule has 1 aromatic rings. The molecule has 2 atom stereocenters. The fourth-order valence-electron chi connectivity index (χ4n) is 3.67. The Morgan fingerprint density at radius 1 is 1.12 bits per heavy atom. The third-order valence-corrected chi connectivity index (χ3v) is 5.17. The van der Waals surface area contributed by atoms with E-state index in [1.54, 1.807) is 20.8 Å². The van der Waals surface area contributed by atoms with Crippen LogP contribution in [-0.4, -0.2) is 51.3 Å². The molecule has 1 fully saturated rings. The molecule has 1 aliphatic rings. The van der Waals surface area contributed by atoms with E-state index in [0.717, 1.165) is 32.1 Å². The van der Waals surface area contributed by atoms with Crippen LogP contribution in [0.3, 0.4) is 0 Å². The maximum Gasteiger partial charge on any atom is 0.329 e. The summed E-state index contributed by atoms with van der Waals surface area (Å²) in [5.41, 5.74) is 4.56. The summed E-state index contributed by atoms with van der Waals surface area (Å²) in [5, 5.41) is 5.44. The summed E-state index contributed by atoms with van der Waals surface area (Å²) in [4.78, 5) is 57.7. The molecule has 0 aliphatic heterocycles. The number of carbonyl (C=O) groups is 4. The van der Waals surface area contributed by atoms with Crippen LogP contribution < -0.4 is 16.4 Å². The summed E-state index contributed by atoms with van der Waals surface area (Å²) in [5.74, 6) is -2.36. The minimum atomic E-state index is -1.06. The van der Waals surface area contributed by atoms with Crippen molar-refractivity contribution < 1.29 is 23.9 Å². The Labute approximate surface area is 188 Å². The van der Waals surface area contributed by atoms with Crippen LogP contribution in [0.15, 0.2) is 18.6 Å². The van der Waals surface area contributed by atoms with E-state index in [9.17, 15) is 19.2 Å². The molecule has 1 saturated carbocycles. The maximum atomic E-state index is 13.2. The average molecular weight is 448 g/mol. The van der Waals surface area contributed by atoms with E-state index in [1.165, 1.54) is 18.6 Å². The first-order valence-electron chi connectivity index (χ1n) is 10.9. The minimum absolute atomic E-state index is 0.00544. The predicted molar refractivity (Wildman–Crippen MR) is 116 cm³/mol. The second-order valence-corrected chi connectivity index (χ2v) is 9.04. The Kier molecular flexibility index (Phi) is 9.10. The first kappa shape index (κ1) is 25.2. The third-order valence-electron chi connectivity index (χ3n) is 5.17. The molecule has 176 valence electrons. The molecule has 10 heteroatoms. The summed E-state index contributed by atoms with van der Waals surface area (Å²) in [6, 6.07) is -1.92. The molecule has 3 amide bonds. The number of aromatic nitrogens is 2. The molecular weight excluding hydrogens is 414 g/mol. The van der Waals surface area contributed by atoms with Crippen molar-refractivity contribution in [3.63, 3.8) is 0 Å². The lowest BCUT2D eigenvalue weighted by molar-refractivity contribution is -0.159. The molecule has 0 saturated heterocycles. The van der Waals surface area contributed by atoms with E-state index >= 15 is 0 Å². The Balaban J connectivity index is 2.19. The van der Waals surface area contributed by atoms with Crippen molar-refractivity contribution in [1.29, 1.82) is 0 Å². The van der Waals surface area contributed by atoms with Crippen LogP contribution in [0, 0.1) is 5.92 Å². The highest BCUT2D eigenvalue weighted by molar-refractivity contribution is 5.96. The van der Waals surface area contributed by atoms with E-state index in [4.69, 9.17) is 10.5 Å². The topological polar surface area (TPSA) is 153 Å². The number of rotatable bonds is 9. The van der Waals surface area contributed by atoms with Gasteiger partial charge < -0.3 is 21.1 Å². The van der Waals surface area contributed by atoms with Crippen molar-refractivity contribution in [3.8, 4) is 0 Å². The Hall–Kier alpha value is -3.04. The zero-order valence-corrected chi connectivity index (χ0v) is 18.9. The summed E-state index contributed by atoms with van der Waals surface area (Å²) < 4.78 is 5.40. The molecule has 1 heterocycles. The predicted octanol–water partition coefficient (Wildman–Crippen LogP) is 1.25. The molecule has 2 rings (SSSR count). The van der Waals surface area contributed by atoms with Gasteiger partial charge in [0.2, 0.25) is 11.8 Å². The lowest BCUT2D eigenvalue weighted by Crippen LogP contribution is -2.55. The fourth-order valence-corrected chi connectivity index (χ4v) is 3.67. The average Bonchev–Trinajstić information content (AvgIpc) is 2.74. The van der Waals surface area contributed by atoms with Gasteiger partial charge in [0, 0.05) is 18.8 Å². The molecule has 1 aromatic heterocycles. The number of nitrogens with one attached hydrogen (secondary N) is 2. The van der Waals surface area contributed by atoms with Crippen molar-refractivity contribution in [3.05, 3.63) is 24.3 Å². The van der Waals surface area contributed by atoms with Crippen molar-refractivity contribution >= 4 is 23.7 Å². The summed E-state index contributed by atoms with van der Waals surface area (Å²) in [6.07, 6.45) is 8.60. The largest absolute Gasteiger partial charge is 0.458 e. The molecule has 0 bridgehead atoms. The van der Waals surface area contributed by atoms with Gasteiger partial charge in [0.1, 0.15) is 23.4 Å². The van der Waals surface area contributed by atoms with Crippen molar-refractivity contribution in [1.82, 2.24) is 20.6 Å². The van der Waals surface area contributed by atoms with Crippen molar-refractivity contribution in [2.24, 2.45) is 11.7 Å². The SMILES string of the molecule is CC(C)(C)OC(=O)C(CCC(N)=O)NC(=O)[C@@H](NC(=O)c1cnccn1)C1CCCCC1. The van der Waals surface area contributed by atoms with Crippen LogP contribution in [0.4, 0.5) is 0 Å². The highest BCUT2D eigenvalue weighted by atomic mass is 16.6. The fraction of sp³-hybridized carbons (Fsp3) is 0.636. The maximum absolute atomic E-state index is 13.2. The highest BCUT2D eigenvalue weighted by Gasteiger charge is 2.35. The molecular formula is C22H33N5O5. The molecule has 0 radical (unpaired) electrons. The molecule has 1 unspecified atom stereocenters. The second-order valence-electron chi connectivity index (χ2n) is 9.04. The molecule has 0 aromatic carbocycles. The molecule has 4 N–H and O–H groups in total. The number of esters is 1. The number of carbonyl (C=O) groups excluding carboxylic acids is 4. The number of nitrogens with two attached hydrogens (primary N) is 1. The van der Waals surface area contributed by atoms with E-state index < -0.39 is 41.4 Å². The summed E-state index contributed by atoms with van der Waals surface area (Å²) in [7, 11) is 0. The van der Waals surface area contributed by atoms with Gasteiger partial charge in [-0.1, -0.05) is 19.3 Å². The number of ether oxygens (including phenoxy) is 1. The zero-order chi connectivity index (χ0) is 23.7. The second kappa shape index (κ2) is 11.5. The lowest BCUT2D eigenvalue weighted by Gasteiger charge is -2.31. The van der Waals surface area contributed by atoms with Crippen molar-refractivity contribution in [2.75, 3.05) is 0 Å². The minimum Gasteiger partial charge on any atom is -0.458 e. The van der Waals surface area contributed by atoms with E-state index in [2.05, 4.69) is 20.6 Å². The van der Waals surface area contributed by atoms with Gasteiger partial charge in [-0.25, -0.2) is 9.78 Å². The van der Waals surface area contributed by atoms with Crippen LogP contribution in [0.25, 0.3) is 0 Å². The zero-order valence-electron chi connectivity index (χ0n) is 18.9. The highest BCUT2D eigenvalue weighted by Crippen LogP contribution is 2.27. The van der Waals surface area contributed by atoms with E-state index in [1.807, 2.05) is 0 Å². The van der Waals surface area contributed by atoms with Crippen LogP contribution in [-0.2, 0) is 19.1 Å². The van der Waals surface area contributed by atoms with Gasteiger partial charge in [-0.15, -0.1) is 0 Å². The standard InChI is InChI=1S/C22H33N5O5/c1-22(2,3)32-21(31)15(9-10-17(23)28)26-20(30)18(14-7-5-4-6-8-14)27-19(29)16-13-24-11-12-25-16/h11-15,18H,4-10H2,1-3H3,(H2,23,28)(H,26,30)(H,27,29)/t15?,18-/m0/s1.